The Bertz CT molecular complexity index is 956. The van der Waals surface area contributed by atoms with Crippen molar-refractivity contribution in [1.29, 1.82) is 0 Å². The molecule has 0 aliphatic rings. The Morgan fingerprint density at radius 2 is 1.14 bits per heavy atom. The van der Waals surface area contributed by atoms with E-state index in [0.29, 0.717) is 34.4 Å². The lowest BCUT2D eigenvalue weighted by Crippen LogP contribution is -2.04. The molecule has 0 unspecified atom stereocenters. The number of methoxy groups -OCH3 is 4. The summed E-state index contributed by atoms with van der Waals surface area (Å²) in [6.45, 7) is 0. The topological polar surface area (TPSA) is 86.8 Å². The molecular formula is C20H21FN4O4. The fourth-order valence-corrected chi connectivity index (χ4v) is 2.54. The van der Waals surface area contributed by atoms with Gasteiger partial charge in [-0.2, -0.15) is 4.98 Å². The smallest absolute Gasteiger partial charge is 0.229 e. The van der Waals surface area contributed by atoms with Crippen molar-refractivity contribution in [3.05, 3.63) is 48.4 Å². The Hall–Kier alpha value is -3.75. The van der Waals surface area contributed by atoms with Gasteiger partial charge in [-0.1, -0.05) is 0 Å². The first kappa shape index (κ1) is 20.0. The molecule has 0 spiro atoms. The van der Waals surface area contributed by atoms with Crippen LogP contribution in [0, 0.1) is 5.82 Å². The molecule has 0 atom stereocenters. The highest BCUT2D eigenvalue weighted by Gasteiger charge is 2.11. The van der Waals surface area contributed by atoms with E-state index in [2.05, 4.69) is 20.6 Å². The minimum atomic E-state index is -0.611. The second-order valence-electron chi connectivity index (χ2n) is 5.84. The van der Waals surface area contributed by atoms with Crippen molar-refractivity contribution in [2.24, 2.45) is 0 Å². The first-order chi connectivity index (χ1) is 14.0. The fourth-order valence-electron chi connectivity index (χ4n) is 2.54. The average molecular weight is 400 g/mol. The highest BCUT2D eigenvalue weighted by molar-refractivity contribution is 5.64. The van der Waals surface area contributed by atoms with Crippen LogP contribution in [0.4, 0.5) is 27.5 Å². The minimum absolute atomic E-state index is 0.00679. The molecule has 8 nitrogen and oxygen atoms in total. The maximum atomic E-state index is 14.3. The minimum Gasteiger partial charge on any atom is -0.497 e. The molecule has 0 saturated carbocycles. The number of ether oxygens (including phenoxy) is 4. The third-order valence-corrected chi connectivity index (χ3v) is 3.97. The number of nitrogens with one attached hydrogen (secondary N) is 2. The molecule has 1 heterocycles. The fraction of sp³-hybridized carbons (Fsp3) is 0.200. The molecule has 2 aromatic carbocycles. The van der Waals surface area contributed by atoms with E-state index in [0.717, 1.165) is 6.20 Å². The Balaban J connectivity index is 1.87. The van der Waals surface area contributed by atoms with E-state index in [1.807, 2.05) is 0 Å². The summed E-state index contributed by atoms with van der Waals surface area (Å²) < 4.78 is 35.2. The predicted molar refractivity (Wildman–Crippen MR) is 108 cm³/mol. The second-order valence-corrected chi connectivity index (χ2v) is 5.84. The third-order valence-electron chi connectivity index (χ3n) is 3.97. The van der Waals surface area contributed by atoms with Gasteiger partial charge in [-0.15, -0.1) is 0 Å². The molecule has 3 rings (SSSR count). The van der Waals surface area contributed by atoms with Crippen LogP contribution in [0.2, 0.25) is 0 Å². The number of anilines is 4. The molecule has 0 aliphatic heterocycles. The van der Waals surface area contributed by atoms with Gasteiger partial charge in [-0.05, 0) is 0 Å². The molecule has 29 heavy (non-hydrogen) atoms. The van der Waals surface area contributed by atoms with Gasteiger partial charge in [0.25, 0.3) is 0 Å². The summed E-state index contributed by atoms with van der Waals surface area (Å²) in [6, 6.07) is 10.3. The van der Waals surface area contributed by atoms with Crippen LogP contribution >= 0.6 is 0 Å². The quantitative estimate of drug-likeness (QED) is 0.584. The van der Waals surface area contributed by atoms with Gasteiger partial charge in [0.05, 0.1) is 34.6 Å². The molecule has 0 amide bonds. The van der Waals surface area contributed by atoms with E-state index in [1.54, 1.807) is 50.6 Å². The van der Waals surface area contributed by atoms with Crippen LogP contribution in [-0.2, 0) is 0 Å². The summed E-state index contributed by atoms with van der Waals surface area (Å²) in [4.78, 5) is 8.20. The van der Waals surface area contributed by atoms with Crippen LogP contribution in [0.5, 0.6) is 23.0 Å². The Morgan fingerprint density at radius 3 is 1.59 bits per heavy atom. The van der Waals surface area contributed by atoms with E-state index in [-0.39, 0.29) is 11.8 Å². The van der Waals surface area contributed by atoms with E-state index in [4.69, 9.17) is 18.9 Å². The monoisotopic (exact) mass is 400 g/mol. The summed E-state index contributed by atoms with van der Waals surface area (Å²) in [5.41, 5.74) is 1.18. The summed E-state index contributed by atoms with van der Waals surface area (Å²) in [5.74, 6) is 1.88. The van der Waals surface area contributed by atoms with E-state index < -0.39 is 5.82 Å². The zero-order valence-corrected chi connectivity index (χ0v) is 16.4. The predicted octanol–water partition coefficient (Wildman–Crippen LogP) is 4.14. The number of hydrogen-bond donors (Lipinski definition) is 2. The SMILES string of the molecule is COc1cc(Nc2ncc(F)c(Nc3cc(OC)cc(OC)c3)n2)cc(OC)c1. The van der Waals surface area contributed by atoms with Crippen molar-refractivity contribution in [3.63, 3.8) is 0 Å². The van der Waals surface area contributed by atoms with Crippen molar-refractivity contribution < 1.29 is 23.3 Å². The van der Waals surface area contributed by atoms with E-state index >= 15 is 0 Å². The van der Waals surface area contributed by atoms with Gasteiger partial charge in [0.15, 0.2) is 11.6 Å². The number of aromatic nitrogens is 2. The zero-order chi connectivity index (χ0) is 20.8. The lowest BCUT2D eigenvalue weighted by atomic mass is 10.2. The van der Waals surface area contributed by atoms with Crippen molar-refractivity contribution in [1.82, 2.24) is 9.97 Å². The van der Waals surface area contributed by atoms with Crippen molar-refractivity contribution in [2.45, 2.75) is 0 Å². The largest absolute Gasteiger partial charge is 0.497 e. The Labute approximate surface area is 167 Å². The number of nitrogens with zero attached hydrogens (tertiary/aromatic N) is 2. The molecule has 3 aromatic rings. The van der Waals surface area contributed by atoms with Gasteiger partial charge < -0.3 is 29.6 Å². The van der Waals surface area contributed by atoms with Gasteiger partial charge in [0, 0.05) is 47.8 Å². The maximum Gasteiger partial charge on any atom is 0.229 e. The van der Waals surface area contributed by atoms with Crippen LogP contribution in [0.3, 0.4) is 0 Å². The van der Waals surface area contributed by atoms with Crippen molar-refractivity contribution >= 4 is 23.1 Å². The van der Waals surface area contributed by atoms with Gasteiger partial charge in [0.1, 0.15) is 23.0 Å². The van der Waals surface area contributed by atoms with Crippen molar-refractivity contribution in [3.8, 4) is 23.0 Å². The summed E-state index contributed by atoms with van der Waals surface area (Å²) in [7, 11) is 6.18. The van der Waals surface area contributed by atoms with Crippen LogP contribution in [0.25, 0.3) is 0 Å². The highest BCUT2D eigenvalue weighted by atomic mass is 19.1. The molecule has 2 N–H and O–H groups in total. The maximum absolute atomic E-state index is 14.3. The Kier molecular flexibility index (Phi) is 6.18. The van der Waals surface area contributed by atoms with Gasteiger partial charge in [0.2, 0.25) is 5.95 Å². The molecule has 152 valence electrons. The lowest BCUT2D eigenvalue weighted by Gasteiger charge is -2.13. The molecule has 0 saturated heterocycles. The Morgan fingerprint density at radius 1 is 0.690 bits per heavy atom. The molecule has 9 heteroatoms. The molecule has 0 aliphatic carbocycles. The van der Waals surface area contributed by atoms with Gasteiger partial charge >= 0.3 is 0 Å². The summed E-state index contributed by atoms with van der Waals surface area (Å²) in [6.07, 6.45) is 1.08. The van der Waals surface area contributed by atoms with Gasteiger partial charge in [-0.25, -0.2) is 9.37 Å². The van der Waals surface area contributed by atoms with Crippen molar-refractivity contribution in [2.75, 3.05) is 39.1 Å². The number of hydrogen-bond acceptors (Lipinski definition) is 8. The summed E-state index contributed by atoms with van der Waals surface area (Å²) in [5, 5.41) is 5.93. The normalized spacial score (nSPS) is 10.2. The van der Waals surface area contributed by atoms with E-state index in [9.17, 15) is 4.39 Å². The highest BCUT2D eigenvalue weighted by Crippen LogP contribution is 2.30. The number of halogens is 1. The van der Waals surface area contributed by atoms with Crippen LogP contribution < -0.4 is 29.6 Å². The first-order valence-corrected chi connectivity index (χ1v) is 8.57. The average Bonchev–Trinajstić information content (AvgIpc) is 2.75. The molecular weight excluding hydrogens is 379 g/mol. The van der Waals surface area contributed by atoms with Gasteiger partial charge in [-0.3, -0.25) is 0 Å². The number of rotatable bonds is 8. The van der Waals surface area contributed by atoms with Crippen LogP contribution in [0.1, 0.15) is 0 Å². The van der Waals surface area contributed by atoms with Crippen LogP contribution in [-0.4, -0.2) is 38.4 Å². The third kappa shape index (κ3) is 4.95. The van der Waals surface area contributed by atoms with Crippen LogP contribution in [0.15, 0.2) is 42.6 Å². The first-order valence-electron chi connectivity index (χ1n) is 8.57. The van der Waals surface area contributed by atoms with E-state index in [1.165, 1.54) is 14.2 Å². The second kappa shape index (κ2) is 8.96. The summed E-state index contributed by atoms with van der Waals surface area (Å²) >= 11 is 0. The molecule has 0 fully saturated rings. The number of benzene rings is 2. The lowest BCUT2D eigenvalue weighted by molar-refractivity contribution is 0.394. The zero-order valence-electron chi connectivity index (χ0n) is 16.4. The standard InChI is InChI=1S/C20H21FN4O4/c1-26-14-5-12(6-15(9-14)27-2)23-19-18(21)11-22-20(25-19)24-13-7-16(28-3)10-17(8-13)29-4/h5-11H,1-4H3,(H2,22,23,24,25). The molecule has 0 radical (unpaired) electrons. The molecule has 1 aromatic heterocycles. The molecule has 0 bridgehead atoms.